The predicted molar refractivity (Wildman–Crippen MR) is 89.6 cm³/mol. The fourth-order valence-corrected chi connectivity index (χ4v) is 2.57. The number of nitrogens with one attached hydrogen (secondary N) is 1. The van der Waals surface area contributed by atoms with Gasteiger partial charge < -0.3 is 14.4 Å². The summed E-state index contributed by atoms with van der Waals surface area (Å²) >= 11 is 6.31. The molecule has 1 aromatic carbocycles. The van der Waals surface area contributed by atoms with E-state index >= 15 is 0 Å². The summed E-state index contributed by atoms with van der Waals surface area (Å²) in [6.45, 7) is 8.09. The van der Waals surface area contributed by atoms with Gasteiger partial charge in [0.2, 0.25) is 0 Å². The van der Waals surface area contributed by atoms with Gasteiger partial charge in [0.05, 0.1) is 57.7 Å². The number of halogens is 1. The maximum absolute atomic E-state index is 6.31. The lowest BCUT2D eigenvalue weighted by atomic mass is 10.2. The van der Waals surface area contributed by atoms with Gasteiger partial charge >= 0.3 is 0 Å². The number of rotatable bonds is 5. The van der Waals surface area contributed by atoms with Crippen LogP contribution < -0.4 is 14.4 Å². The van der Waals surface area contributed by atoms with Gasteiger partial charge in [-0.05, 0) is 31.5 Å². The van der Waals surface area contributed by atoms with Crippen molar-refractivity contribution in [2.75, 3.05) is 40.3 Å². The Morgan fingerprint density at radius 3 is 2.59 bits per heavy atom. The van der Waals surface area contributed by atoms with Crippen molar-refractivity contribution >= 4 is 17.8 Å². The van der Waals surface area contributed by atoms with Crippen molar-refractivity contribution in [3.8, 4) is 11.5 Å². The van der Waals surface area contributed by atoms with E-state index < -0.39 is 0 Å². The minimum absolute atomic E-state index is 0.0405. The topological polar surface area (TPSA) is 38.5 Å². The van der Waals surface area contributed by atoms with Crippen LogP contribution >= 0.6 is 11.6 Å². The lowest BCUT2D eigenvalue weighted by Crippen LogP contribution is -3.11. The number of hydrogen-bond donors (Lipinski definition) is 1. The summed E-state index contributed by atoms with van der Waals surface area (Å²) in [6, 6.07) is 3.75. The molecule has 6 heteroatoms. The van der Waals surface area contributed by atoms with Gasteiger partial charge in [-0.1, -0.05) is 11.6 Å². The minimum atomic E-state index is 0.0405. The highest BCUT2D eigenvalue weighted by atomic mass is 35.5. The van der Waals surface area contributed by atoms with Gasteiger partial charge in [0.15, 0.2) is 11.5 Å². The van der Waals surface area contributed by atoms with E-state index in [1.165, 1.54) is 0 Å². The Labute approximate surface area is 137 Å². The number of likely N-dealkylation sites (N-methyl/N-ethyl adjacent to an activating group) is 1. The Kier molecular flexibility index (Phi) is 5.91. The number of hydrogen-bond acceptors (Lipinski definition) is 4. The molecule has 5 nitrogen and oxygen atoms in total. The summed E-state index contributed by atoms with van der Waals surface area (Å²) < 4.78 is 11.1. The maximum Gasteiger partial charge on any atom is 0.180 e. The molecular formula is C16H25ClN3O2+. The Bertz CT molecular complexity index is 526. The van der Waals surface area contributed by atoms with Crippen LogP contribution in [0.4, 0.5) is 0 Å². The number of ether oxygens (including phenoxy) is 2. The largest absolute Gasteiger partial charge is 0.493 e. The second-order valence-electron chi connectivity index (χ2n) is 5.86. The molecule has 0 amide bonds. The van der Waals surface area contributed by atoms with Crippen molar-refractivity contribution in [1.82, 2.24) is 5.01 Å². The van der Waals surface area contributed by atoms with E-state index in [0.717, 1.165) is 31.7 Å². The predicted octanol–water partition coefficient (Wildman–Crippen LogP) is 1.30. The minimum Gasteiger partial charge on any atom is -0.493 e. The molecule has 2 rings (SSSR count). The molecule has 1 heterocycles. The van der Waals surface area contributed by atoms with Crippen LogP contribution in [0.2, 0.25) is 5.02 Å². The van der Waals surface area contributed by atoms with Gasteiger partial charge in [0.25, 0.3) is 0 Å². The Morgan fingerprint density at radius 2 is 2.00 bits per heavy atom. The second-order valence-corrected chi connectivity index (χ2v) is 6.26. The number of quaternary nitrogens is 1. The highest BCUT2D eigenvalue weighted by molar-refractivity contribution is 6.32. The van der Waals surface area contributed by atoms with Crippen molar-refractivity contribution in [2.45, 2.75) is 20.0 Å². The molecule has 0 radical (unpaired) electrons. The molecule has 1 saturated heterocycles. The molecule has 1 aliphatic heterocycles. The number of piperazine rings is 1. The van der Waals surface area contributed by atoms with Crippen LogP contribution in [0, 0.1) is 0 Å². The molecule has 0 aromatic heterocycles. The van der Waals surface area contributed by atoms with Crippen LogP contribution in [0.3, 0.4) is 0 Å². The van der Waals surface area contributed by atoms with Crippen LogP contribution in [0.1, 0.15) is 19.4 Å². The number of benzene rings is 1. The zero-order valence-electron chi connectivity index (χ0n) is 13.7. The Balaban J connectivity index is 2.13. The normalized spacial score (nSPS) is 16.5. The van der Waals surface area contributed by atoms with E-state index in [2.05, 4.69) is 17.2 Å². The molecule has 1 fully saturated rings. The van der Waals surface area contributed by atoms with Gasteiger partial charge in [-0.2, -0.15) is 5.10 Å². The summed E-state index contributed by atoms with van der Waals surface area (Å²) in [7, 11) is 3.82. The monoisotopic (exact) mass is 326 g/mol. The van der Waals surface area contributed by atoms with E-state index in [-0.39, 0.29) is 6.10 Å². The molecule has 0 atom stereocenters. The van der Waals surface area contributed by atoms with Crippen LogP contribution in [0.15, 0.2) is 17.2 Å². The van der Waals surface area contributed by atoms with Gasteiger partial charge in [-0.15, -0.1) is 0 Å². The smallest absolute Gasteiger partial charge is 0.180 e. The zero-order valence-corrected chi connectivity index (χ0v) is 14.5. The van der Waals surface area contributed by atoms with Crippen LogP contribution in [0.25, 0.3) is 0 Å². The van der Waals surface area contributed by atoms with Gasteiger partial charge in [0, 0.05) is 0 Å². The molecule has 0 bridgehead atoms. The highest BCUT2D eigenvalue weighted by Crippen LogP contribution is 2.36. The van der Waals surface area contributed by atoms with Crippen molar-refractivity contribution in [3.05, 3.63) is 22.7 Å². The Morgan fingerprint density at radius 1 is 1.32 bits per heavy atom. The molecule has 1 aromatic rings. The van der Waals surface area contributed by atoms with E-state index in [9.17, 15) is 0 Å². The lowest BCUT2D eigenvalue weighted by Gasteiger charge is -2.27. The van der Waals surface area contributed by atoms with E-state index in [1.54, 1.807) is 12.0 Å². The SMILES string of the molecule is COc1cc(/C=N\N2CC[NH+](C)CC2)cc(Cl)c1OC(C)C. The fraction of sp³-hybridized carbons (Fsp3) is 0.562. The second kappa shape index (κ2) is 7.70. The zero-order chi connectivity index (χ0) is 16.1. The van der Waals surface area contributed by atoms with E-state index in [4.69, 9.17) is 21.1 Å². The summed E-state index contributed by atoms with van der Waals surface area (Å²) in [5, 5.41) is 7.16. The molecule has 22 heavy (non-hydrogen) atoms. The molecule has 0 spiro atoms. The number of hydrazone groups is 1. The molecule has 1 aliphatic rings. The van der Waals surface area contributed by atoms with Crippen molar-refractivity contribution in [3.63, 3.8) is 0 Å². The van der Waals surface area contributed by atoms with Crippen LogP contribution in [-0.2, 0) is 0 Å². The average Bonchev–Trinajstić information content (AvgIpc) is 2.48. The first-order valence-electron chi connectivity index (χ1n) is 7.64. The summed E-state index contributed by atoms with van der Waals surface area (Å²) in [4.78, 5) is 1.55. The summed E-state index contributed by atoms with van der Waals surface area (Å²) in [5.41, 5.74) is 0.907. The van der Waals surface area contributed by atoms with E-state index in [1.807, 2.05) is 32.2 Å². The molecule has 122 valence electrons. The summed E-state index contributed by atoms with van der Waals surface area (Å²) in [5.74, 6) is 1.21. The molecule has 0 unspecified atom stereocenters. The highest BCUT2D eigenvalue weighted by Gasteiger charge is 2.15. The van der Waals surface area contributed by atoms with Crippen molar-refractivity contribution in [1.29, 1.82) is 0 Å². The molecule has 0 aliphatic carbocycles. The van der Waals surface area contributed by atoms with Gasteiger partial charge in [-0.3, -0.25) is 5.01 Å². The third-order valence-electron chi connectivity index (χ3n) is 3.57. The fourth-order valence-electron chi connectivity index (χ4n) is 2.30. The van der Waals surface area contributed by atoms with Crippen molar-refractivity contribution in [2.24, 2.45) is 5.10 Å². The maximum atomic E-state index is 6.31. The first kappa shape index (κ1) is 16.9. The average molecular weight is 327 g/mol. The first-order valence-corrected chi connectivity index (χ1v) is 8.01. The first-order chi connectivity index (χ1) is 10.5. The standard InChI is InChI=1S/C16H24ClN3O2/c1-12(2)22-16-14(17)9-13(10-15(16)21-4)11-18-20-7-5-19(3)6-8-20/h9-12H,5-8H2,1-4H3/p+1/b18-11-. The molecule has 1 N–H and O–H groups in total. The molecular weight excluding hydrogens is 302 g/mol. The third-order valence-corrected chi connectivity index (χ3v) is 3.85. The number of methoxy groups -OCH3 is 1. The third kappa shape index (κ3) is 4.52. The van der Waals surface area contributed by atoms with Crippen LogP contribution in [0.5, 0.6) is 11.5 Å². The van der Waals surface area contributed by atoms with Crippen LogP contribution in [-0.4, -0.2) is 57.7 Å². The van der Waals surface area contributed by atoms with E-state index in [0.29, 0.717) is 16.5 Å². The van der Waals surface area contributed by atoms with Gasteiger partial charge in [-0.25, -0.2) is 0 Å². The number of nitrogens with zero attached hydrogens (tertiary/aromatic N) is 2. The van der Waals surface area contributed by atoms with Gasteiger partial charge in [0.1, 0.15) is 0 Å². The summed E-state index contributed by atoms with van der Waals surface area (Å²) in [6.07, 6.45) is 1.87. The Hall–Kier alpha value is -1.46. The lowest BCUT2D eigenvalue weighted by molar-refractivity contribution is -0.884. The quantitative estimate of drug-likeness (QED) is 0.829. The molecule has 0 saturated carbocycles. The van der Waals surface area contributed by atoms with Crippen molar-refractivity contribution < 1.29 is 14.4 Å².